The van der Waals surface area contributed by atoms with Crippen LogP contribution < -0.4 is 0 Å². The monoisotopic (exact) mass is 236 g/mol. The van der Waals surface area contributed by atoms with Crippen LogP contribution in [0.5, 0.6) is 0 Å². The van der Waals surface area contributed by atoms with Gasteiger partial charge in [0, 0.05) is 17.9 Å². The van der Waals surface area contributed by atoms with Gasteiger partial charge in [-0.3, -0.25) is 0 Å². The Morgan fingerprint density at radius 3 is 2.69 bits per heavy atom. The highest BCUT2D eigenvalue weighted by Crippen LogP contribution is 2.20. The number of hydrogen-bond donors (Lipinski definition) is 0. The first-order chi connectivity index (χ1) is 7.70. The van der Waals surface area contributed by atoms with Crippen LogP contribution in [0.25, 0.3) is 11.5 Å². The fourth-order valence-electron chi connectivity index (χ4n) is 1.43. The molecule has 4 heteroatoms. The van der Waals surface area contributed by atoms with Crippen LogP contribution in [0.15, 0.2) is 22.6 Å². The molecule has 16 heavy (non-hydrogen) atoms. The second kappa shape index (κ2) is 4.66. The first-order valence-electron chi connectivity index (χ1n) is 5.16. The Bertz CT molecular complexity index is 494. The van der Waals surface area contributed by atoms with Gasteiger partial charge in [0.15, 0.2) is 0 Å². The highest BCUT2D eigenvalue weighted by atomic mass is 35.5. The first-order valence-corrected chi connectivity index (χ1v) is 5.70. The van der Waals surface area contributed by atoms with Crippen molar-refractivity contribution in [2.45, 2.75) is 20.3 Å². The summed E-state index contributed by atoms with van der Waals surface area (Å²) < 4.78 is 5.50. The molecule has 0 saturated carbocycles. The van der Waals surface area contributed by atoms with Gasteiger partial charge >= 0.3 is 0 Å². The lowest BCUT2D eigenvalue weighted by Crippen LogP contribution is -1.84. The van der Waals surface area contributed by atoms with Crippen LogP contribution in [0.2, 0.25) is 0 Å². The highest BCUT2D eigenvalue weighted by Gasteiger charge is 2.08. The Kier molecular flexibility index (Phi) is 3.25. The van der Waals surface area contributed by atoms with Crippen molar-refractivity contribution in [2.24, 2.45) is 0 Å². The molecule has 1 aromatic carbocycles. The third kappa shape index (κ3) is 2.25. The van der Waals surface area contributed by atoms with Gasteiger partial charge in [0.1, 0.15) is 0 Å². The third-order valence-corrected chi connectivity index (χ3v) is 2.72. The molecule has 0 aliphatic rings. The molecule has 0 radical (unpaired) electrons. The molecule has 2 aromatic rings. The van der Waals surface area contributed by atoms with E-state index in [9.17, 15) is 0 Å². The molecule has 0 saturated heterocycles. The second-order valence-electron chi connectivity index (χ2n) is 3.74. The fraction of sp³-hybridized carbons (Fsp3) is 0.333. The second-order valence-corrected chi connectivity index (χ2v) is 4.12. The smallest absolute Gasteiger partial charge is 0.247 e. The van der Waals surface area contributed by atoms with Crippen molar-refractivity contribution in [1.29, 1.82) is 0 Å². The summed E-state index contributed by atoms with van der Waals surface area (Å²) in [5.74, 6) is 1.64. The molecule has 0 bridgehead atoms. The summed E-state index contributed by atoms with van der Waals surface area (Å²) in [4.78, 5) is 0. The summed E-state index contributed by atoms with van der Waals surface area (Å²) in [6.07, 6.45) is 0.611. The number of alkyl halides is 1. The highest BCUT2D eigenvalue weighted by molar-refractivity contribution is 6.17. The van der Waals surface area contributed by atoms with E-state index in [4.69, 9.17) is 16.0 Å². The lowest BCUT2D eigenvalue weighted by atomic mass is 10.1. The van der Waals surface area contributed by atoms with Crippen LogP contribution in [0.3, 0.4) is 0 Å². The summed E-state index contributed by atoms with van der Waals surface area (Å²) in [6.45, 7) is 4.14. The van der Waals surface area contributed by atoms with E-state index in [1.54, 1.807) is 0 Å². The molecule has 0 unspecified atom stereocenters. The third-order valence-electron chi connectivity index (χ3n) is 2.53. The number of benzene rings is 1. The molecule has 0 aliphatic heterocycles. The molecule has 1 heterocycles. The van der Waals surface area contributed by atoms with Crippen LogP contribution in [-0.4, -0.2) is 16.1 Å². The van der Waals surface area contributed by atoms with Crippen molar-refractivity contribution in [3.05, 3.63) is 35.2 Å². The Balaban J connectivity index is 2.31. The number of aryl methyl sites for hydroxylation is 3. The van der Waals surface area contributed by atoms with Crippen molar-refractivity contribution in [2.75, 3.05) is 5.88 Å². The molecule has 1 aromatic heterocycles. The molecule has 0 atom stereocenters. The topological polar surface area (TPSA) is 38.9 Å². The summed E-state index contributed by atoms with van der Waals surface area (Å²) in [7, 11) is 0. The molecule has 0 aliphatic carbocycles. The maximum atomic E-state index is 5.61. The van der Waals surface area contributed by atoms with Gasteiger partial charge in [0.25, 0.3) is 0 Å². The van der Waals surface area contributed by atoms with E-state index >= 15 is 0 Å². The van der Waals surface area contributed by atoms with Crippen molar-refractivity contribution >= 4 is 11.6 Å². The fourth-order valence-corrected chi connectivity index (χ4v) is 1.59. The van der Waals surface area contributed by atoms with Crippen LogP contribution in [-0.2, 0) is 6.42 Å². The van der Waals surface area contributed by atoms with Gasteiger partial charge in [0.05, 0.1) is 0 Å². The van der Waals surface area contributed by atoms with E-state index < -0.39 is 0 Å². The quantitative estimate of drug-likeness (QED) is 0.769. The average Bonchev–Trinajstić information content (AvgIpc) is 2.71. The van der Waals surface area contributed by atoms with E-state index in [-0.39, 0.29) is 0 Å². The average molecular weight is 237 g/mol. The van der Waals surface area contributed by atoms with Gasteiger partial charge in [-0.25, -0.2) is 0 Å². The van der Waals surface area contributed by atoms with Gasteiger partial charge in [-0.1, -0.05) is 6.07 Å². The molecule has 0 spiro atoms. The van der Waals surface area contributed by atoms with Gasteiger partial charge < -0.3 is 4.42 Å². The summed E-state index contributed by atoms with van der Waals surface area (Å²) in [5, 5.41) is 7.93. The van der Waals surface area contributed by atoms with Crippen LogP contribution >= 0.6 is 11.6 Å². The Hall–Kier alpha value is -1.35. The SMILES string of the molecule is Cc1ccc(-c2nnc(CCCl)o2)cc1C. The van der Waals surface area contributed by atoms with Crippen molar-refractivity contribution < 1.29 is 4.42 Å². The molecule has 2 rings (SSSR count). The molecule has 0 N–H and O–H groups in total. The van der Waals surface area contributed by atoms with Gasteiger partial charge in [-0.05, 0) is 37.1 Å². The van der Waals surface area contributed by atoms with Crippen LogP contribution in [0, 0.1) is 13.8 Å². The van der Waals surface area contributed by atoms with Crippen LogP contribution in [0.1, 0.15) is 17.0 Å². The summed E-state index contributed by atoms with van der Waals surface area (Å²) in [5.41, 5.74) is 3.43. The van der Waals surface area contributed by atoms with Crippen LogP contribution in [0.4, 0.5) is 0 Å². The van der Waals surface area contributed by atoms with E-state index in [0.29, 0.717) is 24.1 Å². The predicted octanol–water partition coefficient (Wildman–Crippen LogP) is 3.13. The van der Waals surface area contributed by atoms with Crippen molar-refractivity contribution in [3.63, 3.8) is 0 Å². The maximum Gasteiger partial charge on any atom is 0.247 e. The lowest BCUT2D eigenvalue weighted by molar-refractivity contribution is 0.513. The molecular formula is C12H13ClN2O. The molecule has 84 valence electrons. The Morgan fingerprint density at radius 2 is 2.00 bits per heavy atom. The van der Waals surface area contributed by atoms with E-state index in [1.807, 2.05) is 12.1 Å². The van der Waals surface area contributed by atoms with Gasteiger partial charge in [0.2, 0.25) is 11.8 Å². The zero-order chi connectivity index (χ0) is 11.5. The minimum absolute atomic E-state index is 0.495. The zero-order valence-corrected chi connectivity index (χ0v) is 10.1. The molecular weight excluding hydrogens is 224 g/mol. The largest absolute Gasteiger partial charge is 0.421 e. The van der Waals surface area contributed by atoms with Gasteiger partial charge in [-0.15, -0.1) is 21.8 Å². The van der Waals surface area contributed by atoms with E-state index in [1.165, 1.54) is 11.1 Å². The number of hydrogen-bond acceptors (Lipinski definition) is 3. The number of nitrogens with zero attached hydrogens (tertiary/aromatic N) is 2. The van der Waals surface area contributed by atoms with Gasteiger partial charge in [-0.2, -0.15) is 0 Å². The van der Waals surface area contributed by atoms with Crippen molar-refractivity contribution in [1.82, 2.24) is 10.2 Å². The molecule has 0 amide bonds. The lowest BCUT2D eigenvalue weighted by Gasteiger charge is -2.00. The maximum absolute atomic E-state index is 5.61. The Labute approximate surface area is 99.5 Å². The molecule has 3 nitrogen and oxygen atoms in total. The summed E-state index contributed by atoms with van der Waals surface area (Å²) >= 11 is 5.61. The van der Waals surface area contributed by atoms with E-state index in [2.05, 4.69) is 30.1 Å². The van der Waals surface area contributed by atoms with E-state index in [0.717, 1.165) is 5.56 Å². The standard InChI is InChI=1S/C12H13ClN2O/c1-8-3-4-10(7-9(8)2)12-15-14-11(16-12)5-6-13/h3-4,7H,5-6H2,1-2H3. The minimum atomic E-state index is 0.495. The number of aromatic nitrogens is 2. The Morgan fingerprint density at radius 1 is 1.19 bits per heavy atom. The number of rotatable bonds is 3. The zero-order valence-electron chi connectivity index (χ0n) is 9.33. The van der Waals surface area contributed by atoms with Crippen molar-refractivity contribution in [3.8, 4) is 11.5 Å². The number of halogens is 1. The normalized spacial score (nSPS) is 10.7. The minimum Gasteiger partial charge on any atom is -0.421 e. The first kappa shape index (κ1) is 11.1. The molecule has 0 fully saturated rings. The summed E-state index contributed by atoms with van der Waals surface area (Å²) in [6, 6.07) is 6.09. The predicted molar refractivity (Wildman–Crippen MR) is 63.6 cm³/mol.